The minimum atomic E-state index is -0.897. The molecule has 0 bridgehead atoms. The summed E-state index contributed by atoms with van der Waals surface area (Å²) in [5.74, 6) is -2.32. The Balaban J connectivity index is 2.34. The van der Waals surface area contributed by atoms with E-state index in [0.717, 1.165) is 45.5 Å². The second-order valence-electron chi connectivity index (χ2n) is 7.34. The van der Waals surface area contributed by atoms with Gasteiger partial charge in [-0.25, -0.2) is 0 Å². The highest BCUT2D eigenvalue weighted by Crippen LogP contribution is 2.24. The lowest BCUT2D eigenvalue weighted by atomic mass is 9.96. The van der Waals surface area contributed by atoms with Gasteiger partial charge in [0, 0.05) is 23.3 Å². The van der Waals surface area contributed by atoms with Gasteiger partial charge in [0.05, 0.1) is 0 Å². The van der Waals surface area contributed by atoms with E-state index in [1.54, 1.807) is 0 Å². The Kier molecular flexibility index (Phi) is 6.24. The Morgan fingerprint density at radius 3 is 1.11 bits per heavy atom. The van der Waals surface area contributed by atoms with Gasteiger partial charge in [0.1, 0.15) is 11.5 Å². The third-order valence-corrected chi connectivity index (χ3v) is 4.64. The number of rotatable bonds is 5. The van der Waals surface area contributed by atoms with Gasteiger partial charge in [-0.15, -0.1) is 0 Å². The predicted molar refractivity (Wildman–Crippen MR) is 113 cm³/mol. The first-order chi connectivity index (χ1) is 13.0. The molecular formula is C24H26O4. The molecule has 0 spiro atoms. The molecule has 0 saturated heterocycles. The third-order valence-electron chi connectivity index (χ3n) is 4.64. The van der Waals surface area contributed by atoms with E-state index in [4.69, 9.17) is 0 Å². The first-order valence-corrected chi connectivity index (χ1v) is 9.07. The third kappa shape index (κ3) is 4.58. The van der Waals surface area contributed by atoms with Gasteiger partial charge in [0.15, 0.2) is 0 Å². The topological polar surface area (TPSA) is 74.6 Å². The Morgan fingerprint density at radius 1 is 0.607 bits per heavy atom. The average molecular weight is 378 g/mol. The number of carbonyl (C=O) groups is 2. The molecule has 28 heavy (non-hydrogen) atoms. The van der Waals surface area contributed by atoms with Gasteiger partial charge in [-0.05, 0) is 63.8 Å². The number of hydrogen-bond donors (Lipinski definition) is 2. The van der Waals surface area contributed by atoms with Crippen LogP contribution in [0.25, 0.3) is 11.5 Å². The van der Waals surface area contributed by atoms with Gasteiger partial charge in [0.25, 0.3) is 0 Å². The van der Waals surface area contributed by atoms with Crippen LogP contribution in [0.1, 0.15) is 44.5 Å². The van der Waals surface area contributed by atoms with E-state index in [1.165, 1.54) is 0 Å². The predicted octanol–water partition coefficient (Wildman–Crippen LogP) is 5.17. The molecule has 0 aliphatic rings. The fourth-order valence-corrected chi connectivity index (χ4v) is 3.70. The quantitative estimate of drug-likeness (QED) is 0.427. The van der Waals surface area contributed by atoms with Crippen molar-refractivity contribution in [3.8, 4) is 0 Å². The number of aliphatic hydroxyl groups excluding tert-OH is 2. The molecule has 0 saturated carbocycles. The zero-order chi connectivity index (χ0) is 21.2. The molecule has 2 N–H and O–H groups in total. The highest BCUT2D eigenvalue weighted by atomic mass is 16.3. The van der Waals surface area contributed by atoms with Gasteiger partial charge in [0.2, 0.25) is 11.6 Å². The summed E-state index contributed by atoms with van der Waals surface area (Å²) in [5, 5.41) is 20.7. The van der Waals surface area contributed by atoms with Crippen LogP contribution < -0.4 is 0 Å². The summed E-state index contributed by atoms with van der Waals surface area (Å²) < 4.78 is 0. The molecule has 0 fully saturated rings. The number of carbonyl (C=O) groups excluding carboxylic acids is 2. The van der Waals surface area contributed by atoms with Crippen LogP contribution in [0, 0.1) is 41.5 Å². The van der Waals surface area contributed by atoms with Gasteiger partial charge in [-0.1, -0.05) is 35.4 Å². The second-order valence-corrected chi connectivity index (χ2v) is 7.34. The molecule has 4 nitrogen and oxygen atoms in total. The van der Waals surface area contributed by atoms with E-state index in [-0.39, 0.29) is 11.5 Å². The van der Waals surface area contributed by atoms with E-state index in [0.29, 0.717) is 11.1 Å². The van der Waals surface area contributed by atoms with Crippen molar-refractivity contribution in [3.05, 3.63) is 80.9 Å². The summed E-state index contributed by atoms with van der Waals surface area (Å²) in [4.78, 5) is 24.5. The van der Waals surface area contributed by atoms with Crippen molar-refractivity contribution in [2.45, 2.75) is 41.5 Å². The monoisotopic (exact) mass is 378 g/mol. The molecule has 0 aromatic heterocycles. The van der Waals surface area contributed by atoms with Crippen molar-refractivity contribution in [1.29, 1.82) is 0 Å². The maximum absolute atomic E-state index is 12.3. The van der Waals surface area contributed by atoms with E-state index in [1.807, 2.05) is 65.8 Å². The first-order valence-electron chi connectivity index (χ1n) is 9.07. The van der Waals surface area contributed by atoms with Crippen LogP contribution >= 0.6 is 0 Å². The molecule has 0 aliphatic carbocycles. The number of hydrogen-bond acceptors (Lipinski definition) is 4. The number of allylic oxidation sites excluding steroid dienone is 2. The van der Waals surface area contributed by atoms with E-state index < -0.39 is 11.6 Å². The van der Waals surface area contributed by atoms with Gasteiger partial charge in [-0.3, -0.25) is 9.59 Å². The van der Waals surface area contributed by atoms with Crippen molar-refractivity contribution in [2.24, 2.45) is 0 Å². The molecule has 0 aliphatic heterocycles. The lowest BCUT2D eigenvalue weighted by Gasteiger charge is -2.11. The summed E-state index contributed by atoms with van der Waals surface area (Å²) in [6.45, 7) is 11.2. The van der Waals surface area contributed by atoms with Crippen LogP contribution in [0.5, 0.6) is 0 Å². The van der Waals surface area contributed by atoms with Crippen molar-refractivity contribution < 1.29 is 19.8 Å². The second kappa shape index (κ2) is 8.26. The number of benzene rings is 2. The smallest absolute Gasteiger partial charge is 0.229 e. The molecule has 146 valence electrons. The largest absolute Gasteiger partial charge is 0.507 e. The Morgan fingerprint density at radius 2 is 0.857 bits per heavy atom. The van der Waals surface area contributed by atoms with Crippen molar-refractivity contribution in [3.63, 3.8) is 0 Å². The van der Waals surface area contributed by atoms with Crippen molar-refractivity contribution in [2.75, 3.05) is 0 Å². The highest BCUT2D eigenvalue weighted by Gasteiger charge is 2.16. The van der Waals surface area contributed by atoms with E-state index in [9.17, 15) is 19.8 Å². The lowest BCUT2D eigenvalue weighted by molar-refractivity contribution is -0.130. The van der Waals surface area contributed by atoms with Crippen LogP contribution in [0.2, 0.25) is 0 Å². The number of aliphatic hydroxyl groups is 2. The molecule has 2 rings (SSSR count). The Labute approximate surface area is 165 Å². The summed E-state index contributed by atoms with van der Waals surface area (Å²) in [7, 11) is 0. The van der Waals surface area contributed by atoms with Crippen LogP contribution in [0.4, 0.5) is 0 Å². The maximum atomic E-state index is 12.3. The normalized spacial score (nSPS) is 12.2. The highest BCUT2D eigenvalue weighted by molar-refractivity contribution is 6.47. The maximum Gasteiger partial charge on any atom is 0.229 e. The number of ketones is 2. The van der Waals surface area contributed by atoms with Crippen LogP contribution in [-0.2, 0) is 9.59 Å². The van der Waals surface area contributed by atoms with Crippen molar-refractivity contribution in [1.82, 2.24) is 0 Å². The minimum absolute atomic E-state index is 0.260. The molecule has 2 aromatic carbocycles. The first kappa shape index (κ1) is 21.2. The Hall–Kier alpha value is -3.14. The van der Waals surface area contributed by atoms with Gasteiger partial charge in [-0.2, -0.15) is 0 Å². The molecule has 0 atom stereocenters. The summed E-state index contributed by atoms with van der Waals surface area (Å²) in [6.07, 6.45) is 1.82. The standard InChI is InChI=1S/C24H26O4/c1-13-7-15(3)23(16(4)8-13)21(27)11-19(25)20(26)12-22(28)24-17(5)9-14(2)10-18(24)6/h7-12,27-28H,1-6H3/b21-11-,22-12-. The van der Waals surface area contributed by atoms with Gasteiger partial charge < -0.3 is 10.2 Å². The molecule has 0 radical (unpaired) electrons. The molecular weight excluding hydrogens is 352 g/mol. The summed E-state index contributed by atoms with van der Waals surface area (Å²) >= 11 is 0. The lowest BCUT2D eigenvalue weighted by Crippen LogP contribution is -2.10. The van der Waals surface area contributed by atoms with Crippen LogP contribution in [-0.4, -0.2) is 21.8 Å². The molecule has 0 heterocycles. The Bertz CT molecular complexity index is 893. The molecule has 0 unspecified atom stereocenters. The molecule has 4 heteroatoms. The van der Waals surface area contributed by atoms with Crippen molar-refractivity contribution >= 4 is 23.1 Å². The van der Waals surface area contributed by atoms with Crippen LogP contribution in [0.3, 0.4) is 0 Å². The SMILES string of the molecule is Cc1cc(C)c(/C(O)=C/C(=O)C(=O)/C=C(\O)c2c(C)cc(C)cc2C)c(C)c1. The number of aryl methyl sites for hydroxylation is 6. The van der Waals surface area contributed by atoms with E-state index in [2.05, 4.69) is 0 Å². The summed E-state index contributed by atoms with van der Waals surface area (Å²) in [6, 6.07) is 7.58. The molecule has 0 amide bonds. The zero-order valence-corrected chi connectivity index (χ0v) is 17.2. The van der Waals surface area contributed by atoms with Crippen LogP contribution in [0.15, 0.2) is 36.4 Å². The summed E-state index contributed by atoms with van der Waals surface area (Å²) in [5.41, 5.74) is 6.42. The van der Waals surface area contributed by atoms with Gasteiger partial charge >= 0.3 is 0 Å². The minimum Gasteiger partial charge on any atom is -0.507 e. The fraction of sp³-hybridized carbons (Fsp3) is 0.250. The van der Waals surface area contributed by atoms with E-state index >= 15 is 0 Å². The molecule has 2 aromatic rings. The average Bonchev–Trinajstić information content (AvgIpc) is 2.52. The zero-order valence-electron chi connectivity index (χ0n) is 17.2. The fourth-order valence-electron chi connectivity index (χ4n) is 3.70.